The van der Waals surface area contributed by atoms with Crippen LogP contribution in [0.3, 0.4) is 0 Å². The van der Waals surface area contributed by atoms with E-state index in [1.165, 1.54) is 24.4 Å². The minimum Gasteiger partial charge on any atom is -0.443 e. The Balaban J connectivity index is 2.03. The molecule has 0 aliphatic carbocycles. The van der Waals surface area contributed by atoms with E-state index in [0.717, 1.165) is 6.07 Å². The molecule has 16 heteroatoms. The van der Waals surface area contributed by atoms with Gasteiger partial charge in [0.05, 0.1) is 36.8 Å². The highest BCUT2D eigenvalue weighted by molar-refractivity contribution is 6.07. The fourth-order valence-corrected chi connectivity index (χ4v) is 3.50. The molecule has 250 valence electrons. The van der Waals surface area contributed by atoms with E-state index in [-0.39, 0.29) is 30.0 Å². The Kier molecular flexibility index (Phi) is 12.3. The highest BCUT2D eigenvalue weighted by Gasteiger charge is 2.35. The number of nitrogens with zero attached hydrogens (tertiary/aromatic N) is 4. The highest BCUT2D eigenvalue weighted by atomic mass is 19.3. The Labute approximate surface area is 264 Å². The van der Waals surface area contributed by atoms with Crippen molar-refractivity contribution in [3.63, 3.8) is 0 Å². The first-order chi connectivity index (χ1) is 21.2. The molecule has 0 aliphatic rings. The molecule has 46 heavy (non-hydrogen) atoms. The van der Waals surface area contributed by atoms with Gasteiger partial charge in [0.1, 0.15) is 23.5 Å². The summed E-state index contributed by atoms with van der Waals surface area (Å²) in [7, 11) is 0. The summed E-state index contributed by atoms with van der Waals surface area (Å²) >= 11 is 0. The number of pyridine rings is 1. The number of rotatable bonds is 10. The van der Waals surface area contributed by atoms with Gasteiger partial charge in [-0.05, 0) is 77.4 Å². The maximum Gasteiger partial charge on any atom is 0.427 e. The minimum atomic E-state index is -3.44. The van der Waals surface area contributed by atoms with Crippen LogP contribution in [0.5, 0.6) is 0 Å². The number of guanidine groups is 1. The SMILES string of the molecule is Cc1ccc(C(F)(F)CNc2ccc(C#N)c(CC(=O)NCCON=C(N)N(C(=O)OC(C)(C)C)C(=O)OC(C)(C)C)c2F)nc1. The van der Waals surface area contributed by atoms with Gasteiger partial charge in [0.25, 0.3) is 5.96 Å². The fourth-order valence-electron chi connectivity index (χ4n) is 3.50. The minimum absolute atomic E-state index is 0.164. The van der Waals surface area contributed by atoms with Gasteiger partial charge >= 0.3 is 18.1 Å². The number of alkyl halides is 2. The second kappa shape index (κ2) is 15.3. The molecule has 0 spiro atoms. The smallest absolute Gasteiger partial charge is 0.427 e. The summed E-state index contributed by atoms with van der Waals surface area (Å²) in [6, 6.07) is 6.76. The summed E-state index contributed by atoms with van der Waals surface area (Å²) in [6.07, 6.45) is -1.64. The number of anilines is 1. The molecule has 2 rings (SSSR count). The van der Waals surface area contributed by atoms with Crippen LogP contribution in [0.15, 0.2) is 35.6 Å². The molecule has 0 saturated heterocycles. The number of nitrogens with one attached hydrogen (secondary N) is 2. The average Bonchev–Trinajstić information content (AvgIpc) is 2.91. The highest BCUT2D eigenvalue weighted by Crippen LogP contribution is 2.29. The number of hydrogen-bond donors (Lipinski definition) is 3. The Bertz CT molecular complexity index is 1450. The molecule has 0 radical (unpaired) electrons. The van der Waals surface area contributed by atoms with Gasteiger partial charge in [-0.1, -0.05) is 6.07 Å². The number of hydrogen-bond acceptors (Lipinski definition) is 10. The standard InChI is InChI=1S/C30H38F3N7O6/c1-18-8-11-22(37-16-18)30(32,33)17-38-21-10-9-19(15-34)20(24(21)31)14-23(41)36-12-13-44-39-25(35)40(26(42)45-28(2,3)4)27(43)46-29(5,6)7/h8-11,16,38H,12-14,17H2,1-7H3,(H2,35,39)(H,36,41). The summed E-state index contributed by atoms with van der Waals surface area (Å²) in [5.74, 6) is -5.91. The van der Waals surface area contributed by atoms with Gasteiger partial charge in [-0.3, -0.25) is 9.78 Å². The monoisotopic (exact) mass is 649 g/mol. The van der Waals surface area contributed by atoms with Crippen molar-refractivity contribution in [2.24, 2.45) is 10.9 Å². The van der Waals surface area contributed by atoms with Crippen LogP contribution in [-0.4, -0.2) is 64.8 Å². The zero-order valence-corrected chi connectivity index (χ0v) is 26.7. The number of aromatic nitrogens is 1. The van der Waals surface area contributed by atoms with Gasteiger partial charge in [-0.15, -0.1) is 4.90 Å². The molecular weight excluding hydrogens is 611 g/mol. The number of benzene rings is 1. The molecule has 1 aromatic heterocycles. The maximum absolute atomic E-state index is 15.3. The number of carbonyl (C=O) groups excluding carboxylic acids is 3. The van der Waals surface area contributed by atoms with E-state index in [1.807, 2.05) is 0 Å². The Morgan fingerprint density at radius 1 is 1.04 bits per heavy atom. The Morgan fingerprint density at radius 2 is 1.65 bits per heavy atom. The summed E-state index contributed by atoms with van der Waals surface area (Å²) in [5, 5.41) is 17.7. The molecule has 3 amide bonds. The van der Waals surface area contributed by atoms with Crippen LogP contribution >= 0.6 is 0 Å². The van der Waals surface area contributed by atoms with Gasteiger partial charge in [-0.2, -0.15) is 14.0 Å². The van der Waals surface area contributed by atoms with Crippen molar-refractivity contribution in [2.45, 2.75) is 72.0 Å². The van der Waals surface area contributed by atoms with E-state index in [2.05, 4.69) is 20.8 Å². The quantitative estimate of drug-likeness (QED) is 0.141. The summed E-state index contributed by atoms with van der Waals surface area (Å²) in [4.78, 5) is 46.8. The molecule has 0 aliphatic heterocycles. The molecule has 0 atom stereocenters. The van der Waals surface area contributed by atoms with E-state index in [0.29, 0.717) is 10.5 Å². The lowest BCUT2D eigenvalue weighted by molar-refractivity contribution is -0.120. The second-order valence-electron chi connectivity index (χ2n) is 11.9. The van der Waals surface area contributed by atoms with E-state index < -0.39 is 65.7 Å². The third kappa shape index (κ3) is 11.5. The molecule has 2 aromatic rings. The normalized spacial score (nSPS) is 12.1. The average molecular weight is 650 g/mol. The van der Waals surface area contributed by atoms with E-state index >= 15 is 4.39 Å². The summed E-state index contributed by atoms with van der Waals surface area (Å²) in [6.45, 7) is 9.67. The lowest BCUT2D eigenvalue weighted by atomic mass is 10.0. The number of halogens is 3. The predicted molar refractivity (Wildman–Crippen MR) is 161 cm³/mol. The van der Waals surface area contributed by atoms with Gasteiger partial charge in [-0.25, -0.2) is 14.0 Å². The molecule has 1 aromatic carbocycles. The Hall–Kier alpha value is -5.07. The summed E-state index contributed by atoms with van der Waals surface area (Å²) < 4.78 is 54.9. The zero-order valence-electron chi connectivity index (χ0n) is 26.7. The van der Waals surface area contributed by atoms with Crippen LogP contribution in [0.2, 0.25) is 0 Å². The van der Waals surface area contributed by atoms with E-state index in [4.69, 9.17) is 20.0 Å². The van der Waals surface area contributed by atoms with Crippen molar-refractivity contribution in [3.8, 4) is 6.07 Å². The van der Waals surface area contributed by atoms with E-state index in [1.54, 1.807) is 54.5 Å². The van der Waals surface area contributed by atoms with Crippen molar-refractivity contribution in [1.82, 2.24) is 15.2 Å². The number of carbonyl (C=O) groups is 3. The van der Waals surface area contributed by atoms with Crippen molar-refractivity contribution in [2.75, 3.05) is 25.0 Å². The molecule has 13 nitrogen and oxygen atoms in total. The first-order valence-corrected chi connectivity index (χ1v) is 14.0. The van der Waals surface area contributed by atoms with E-state index in [9.17, 15) is 28.4 Å². The lowest BCUT2D eigenvalue weighted by Gasteiger charge is -2.27. The van der Waals surface area contributed by atoms with Crippen LogP contribution in [0.1, 0.15) is 63.9 Å². The van der Waals surface area contributed by atoms with Crippen molar-refractivity contribution < 1.29 is 41.9 Å². The number of oxime groups is 1. The third-order valence-electron chi connectivity index (χ3n) is 5.54. The molecular formula is C30H38F3N7O6. The molecule has 1 heterocycles. The molecule has 4 N–H and O–H groups in total. The second-order valence-corrected chi connectivity index (χ2v) is 11.9. The summed E-state index contributed by atoms with van der Waals surface area (Å²) in [5.41, 5.74) is 3.21. The van der Waals surface area contributed by atoms with Gasteiger partial charge in [0.15, 0.2) is 5.82 Å². The largest absolute Gasteiger partial charge is 0.443 e. The topological polar surface area (TPSA) is 181 Å². The van der Waals surface area contributed by atoms with Crippen molar-refractivity contribution >= 4 is 29.7 Å². The molecule has 0 saturated carbocycles. The fraction of sp³-hybridized carbons (Fsp3) is 0.467. The van der Waals surface area contributed by atoms with Crippen LogP contribution in [-0.2, 0) is 31.4 Å². The number of aryl methyl sites for hydroxylation is 1. The number of amides is 3. The molecule has 0 unspecified atom stereocenters. The van der Waals surface area contributed by atoms with Gasteiger partial charge in [0.2, 0.25) is 5.91 Å². The van der Waals surface area contributed by atoms with Crippen LogP contribution in [0.4, 0.5) is 28.4 Å². The zero-order chi connectivity index (χ0) is 34.9. The van der Waals surface area contributed by atoms with Crippen LogP contribution < -0.4 is 16.4 Å². The van der Waals surface area contributed by atoms with Crippen LogP contribution in [0, 0.1) is 24.1 Å². The lowest BCUT2D eigenvalue weighted by Crippen LogP contribution is -2.50. The van der Waals surface area contributed by atoms with Crippen LogP contribution in [0.25, 0.3) is 0 Å². The predicted octanol–water partition coefficient (Wildman–Crippen LogP) is 4.68. The molecule has 0 fully saturated rings. The Morgan fingerprint density at radius 3 is 2.17 bits per heavy atom. The first kappa shape index (κ1) is 37.1. The number of imide groups is 1. The first-order valence-electron chi connectivity index (χ1n) is 14.0. The van der Waals surface area contributed by atoms with Gasteiger partial charge in [0, 0.05) is 11.8 Å². The number of nitriles is 1. The van der Waals surface area contributed by atoms with Crippen molar-refractivity contribution in [3.05, 3.63) is 58.7 Å². The number of nitrogens with two attached hydrogens (primary N) is 1. The van der Waals surface area contributed by atoms with Gasteiger partial charge < -0.3 is 30.7 Å². The third-order valence-corrected chi connectivity index (χ3v) is 5.54. The maximum atomic E-state index is 15.3. The van der Waals surface area contributed by atoms with Crippen molar-refractivity contribution in [1.29, 1.82) is 5.26 Å². The molecule has 0 bridgehead atoms. The number of ether oxygens (including phenoxy) is 2.